The molecule has 1 heterocycles. The Morgan fingerprint density at radius 1 is 1.60 bits per heavy atom. The Morgan fingerprint density at radius 3 is 3.13 bits per heavy atom. The van der Waals surface area contributed by atoms with Crippen molar-refractivity contribution < 1.29 is 4.79 Å². The van der Waals surface area contributed by atoms with E-state index in [0.717, 1.165) is 18.5 Å². The molecule has 2 rings (SSSR count). The molecular formula is C12H16N2O. The number of carbonyl (C=O) groups is 1. The molecule has 0 radical (unpaired) electrons. The van der Waals surface area contributed by atoms with Crippen LogP contribution in [0, 0.1) is 0 Å². The van der Waals surface area contributed by atoms with Crippen molar-refractivity contribution in [1.82, 2.24) is 9.88 Å². The minimum absolute atomic E-state index is 0.0311. The largest absolute Gasteiger partial charge is 0.302 e. The molecule has 0 spiro atoms. The standard InChI is InChI=1S/C12H16N2O/c1-14(2)8-11(15)10-6-5-9-4-3-7-13-12(9)10/h3-4,7,10H,5-6,8H2,1-2H3. The Balaban J connectivity index is 2.17. The molecule has 0 aliphatic heterocycles. The first-order valence-corrected chi connectivity index (χ1v) is 5.29. The van der Waals surface area contributed by atoms with Crippen LogP contribution in [0.3, 0.4) is 0 Å². The quantitative estimate of drug-likeness (QED) is 0.742. The van der Waals surface area contributed by atoms with Crippen LogP contribution in [0.1, 0.15) is 23.6 Å². The smallest absolute Gasteiger partial charge is 0.155 e. The predicted molar refractivity (Wildman–Crippen MR) is 58.9 cm³/mol. The Labute approximate surface area is 90.1 Å². The SMILES string of the molecule is CN(C)CC(=O)C1CCc2cccnc21. The van der Waals surface area contributed by atoms with Gasteiger partial charge < -0.3 is 4.90 Å². The Kier molecular flexibility index (Phi) is 2.82. The first-order valence-electron chi connectivity index (χ1n) is 5.29. The van der Waals surface area contributed by atoms with Gasteiger partial charge in [0.05, 0.1) is 18.2 Å². The summed E-state index contributed by atoms with van der Waals surface area (Å²) in [5.41, 5.74) is 2.25. The summed E-state index contributed by atoms with van der Waals surface area (Å²) in [7, 11) is 3.85. The van der Waals surface area contributed by atoms with E-state index >= 15 is 0 Å². The molecule has 0 saturated carbocycles. The van der Waals surface area contributed by atoms with Gasteiger partial charge in [0, 0.05) is 6.20 Å². The molecule has 1 aromatic heterocycles. The number of pyridine rings is 1. The van der Waals surface area contributed by atoms with E-state index in [-0.39, 0.29) is 11.7 Å². The van der Waals surface area contributed by atoms with Crippen LogP contribution < -0.4 is 0 Å². The third-order valence-corrected chi connectivity index (χ3v) is 2.82. The van der Waals surface area contributed by atoms with Crippen LogP contribution in [0.25, 0.3) is 0 Å². The monoisotopic (exact) mass is 204 g/mol. The lowest BCUT2D eigenvalue weighted by molar-refractivity contribution is -0.121. The van der Waals surface area contributed by atoms with Crippen LogP contribution >= 0.6 is 0 Å². The lowest BCUT2D eigenvalue weighted by atomic mass is 10.0. The van der Waals surface area contributed by atoms with Crippen molar-refractivity contribution in [3.05, 3.63) is 29.6 Å². The van der Waals surface area contributed by atoms with Gasteiger partial charge >= 0.3 is 0 Å². The van der Waals surface area contributed by atoms with E-state index in [4.69, 9.17) is 0 Å². The van der Waals surface area contributed by atoms with E-state index in [0.29, 0.717) is 6.54 Å². The molecule has 0 amide bonds. The van der Waals surface area contributed by atoms with E-state index < -0.39 is 0 Å². The first-order chi connectivity index (χ1) is 7.18. The van der Waals surface area contributed by atoms with Crippen LogP contribution in [-0.2, 0) is 11.2 Å². The molecule has 15 heavy (non-hydrogen) atoms. The highest BCUT2D eigenvalue weighted by molar-refractivity contribution is 5.88. The molecule has 0 saturated heterocycles. The van der Waals surface area contributed by atoms with Crippen molar-refractivity contribution >= 4 is 5.78 Å². The summed E-state index contributed by atoms with van der Waals surface area (Å²) >= 11 is 0. The summed E-state index contributed by atoms with van der Waals surface area (Å²) in [5.74, 6) is 0.320. The summed E-state index contributed by atoms with van der Waals surface area (Å²) in [6.07, 6.45) is 3.70. The second-order valence-corrected chi connectivity index (χ2v) is 4.34. The van der Waals surface area contributed by atoms with Gasteiger partial charge in [0.15, 0.2) is 5.78 Å². The number of rotatable bonds is 3. The zero-order chi connectivity index (χ0) is 10.8. The second-order valence-electron chi connectivity index (χ2n) is 4.34. The van der Waals surface area contributed by atoms with Crippen molar-refractivity contribution in [2.75, 3.05) is 20.6 Å². The minimum Gasteiger partial charge on any atom is -0.302 e. The van der Waals surface area contributed by atoms with Gasteiger partial charge in [-0.3, -0.25) is 9.78 Å². The topological polar surface area (TPSA) is 33.2 Å². The van der Waals surface area contributed by atoms with E-state index in [1.165, 1.54) is 5.56 Å². The number of likely N-dealkylation sites (N-methyl/N-ethyl adjacent to an activating group) is 1. The number of carbonyl (C=O) groups excluding carboxylic acids is 1. The lowest BCUT2D eigenvalue weighted by Gasteiger charge is -2.13. The number of Topliss-reactive ketones (excluding diaryl/α,β-unsaturated/α-hetero) is 1. The summed E-state index contributed by atoms with van der Waals surface area (Å²) in [5, 5.41) is 0. The molecule has 0 fully saturated rings. The fourth-order valence-electron chi connectivity index (χ4n) is 2.15. The number of hydrogen-bond acceptors (Lipinski definition) is 3. The molecule has 1 aliphatic carbocycles. The molecule has 3 nitrogen and oxygen atoms in total. The number of nitrogens with zero attached hydrogens (tertiary/aromatic N) is 2. The Hall–Kier alpha value is -1.22. The average Bonchev–Trinajstić information content (AvgIpc) is 2.59. The van der Waals surface area contributed by atoms with Crippen molar-refractivity contribution in [2.45, 2.75) is 18.8 Å². The van der Waals surface area contributed by atoms with Crippen LogP contribution in [0.5, 0.6) is 0 Å². The maximum atomic E-state index is 11.9. The molecule has 3 heteroatoms. The van der Waals surface area contributed by atoms with Gasteiger partial charge in [0.2, 0.25) is 0 Å². The van der Waals surface area contributed by atoms with Crippen LogP contribution in [-0.4, -0.2) is 36.3 Å². The van der Waals surface area contributed by atoms with E-state index in [1.54, 1.807) is 6.20 Å². The lowest BCUT2D eigenvalue weighted by Crippen LogP contribution is -2.25. The van der Waals surface area contributed by atoms with Gasteiger partial charge in [-0.15, -0.1) is 0 Å². The first kappa shape index (κ1) is 10.3. The van der Waals surface area contributed by atoms with E-state index in [9.17, 15) is 4.79 Å². The van der Waals surface area contributed by atoms with Crippen molar-refractivity contribution in [1.29, 1.82) is 0 Å². The third-order valence-electron chi connectivity index (χ3n) is 2.82. The van der Waals surface area contributed by atoms with Crippen molar-refractivity contribution in [3.63, 3.8) is 0 Å². The number of fused-ring (bicyclic) bond motifs is 1. The van der Waals surface area contributed by atoms with Crippen LogP contribution in [0.15, 0.2) is 18.3 Å². The molecular weight excluding hydrogens is 188 g/mol. The normalized spacial score (nSPS) is 19.3. The zero-order valence-corrected chi connectivity index (χ0v) is 9.23. The number of hydrogen-bond donors (Lipinski definition) is 0. The maximum Gasteiger partial charge on any atom is 0.155 e. The number of aryl methyl sites for hydroxylation is 1. The van der Waals surface area contributed by atoms with Gasteiger partial charge in [-0.25, -0.2) is 0 Å². The third kappa shape index (κ3) is 2.07. The molecule has 1 unspecified atom stereocenters. The summed E-state index contributed by atoms with van der Waals surface area (Å²) in [6.45, 7) is 0.515. The van der Waals surface area contributed by atoms with Crippen molar-refractivity contribution in [3.8, 4) is 0 Å². The van der Waals surface area contributed by atoms with Gasteiger partial charge in [-0.2, -0.15) is 0 Å². The highest BCUT2D eigenvalue weighted by Gasteiger charge is 2.29. The minimum atomic E-state index is 0.0311. The molecule has 0 N–H and O–H groups in total. The average molecular weight is 204 g/mol. The molecule has 1 aromatic rings. The second kappa shape index (κ2) is 4.11. The Bertz CT molecular complexity index is 374. The summed E-state index contributed by atoms with van der Waals surface area (Å²) < 4.78 is 0. The zero-order valence-electron chi connectivity index (χ0n) is 9.23. The highest BCUT2D eigenvalue weighted by Crippen LogP contribution is 2.31. The molecule has 1 atom stereocenters. The Morgan fingerprint density at radius 2 is 2.40 bits per heavy atom. The van der Waals surface area contributed by atoms with Gasteiger partial charge in [-0.1, -0.05) is 6.07 Å². The van der Waals surface area contributed by atoms with Crippen LogP contribution in [0.4, 0.5) is 0 Å². The predicted octanol–water partition coefficient (Wildman–Crippen LogP) is 1.24. The summed E-state index contributed by atoms with van der Waals surface area (Å²) in [6, 6.07) is 4.02. The molecule has 1 aliphatic rings. The number of aromatic nitrogens is 1. The molecule has 0 bridgehead atoms. The molecule has 0 aromatic carbocycles. The van der Waals surface area contributed by atoms with Gasteiger partial charge in [-0.05, 0) is 38.6 Å². The highest BCUT2D eigenvalue weighted by atomic mass is 16.1. The fourth-order valence-corrected chi connectivity index (χ4v) is 2.15. The fraction of sp³-hybridized carbons (Fsp3) is 0.500. The van der Waals surface area contributed by atoms with Crippen molar-refractivity contribution in [2.24, 2.45) is 0 Å². The maximum absolute atomic E-state index is 11.9. The molecule has 80 valence electrons. The van der Waals surface area contributed by atoms with E-state index in [2.05, 4.69) is 11.1 Å². The van der Waals surface area contributed by atoms with Gasteiger partial charge in [0.25, 0.3) is 0 Å². The van der Waals surface area contributed by atoms with Crippen LogP contribution in [0.2, 0.25) is 0 Å². The summed E-state index contributed by atoms with van der Waals surface area (Å²) in [4.78, 5) is 18.2. The van der Waals surface area contributed by atoms with E-state index in [1.807, 2.05) is 25.1 Å². The number of ketones is 1. The van der Waals surface area contributed by atoms with Gasteiger partial charge in [0.1, 0.15) is 0 Å².